The number of sulfone groups is 1. The van der Waals surface area contributed by atoms with E-state index in [0.29, 0.717) is 30.7 Å². The van der Waals surface area contributed by atoms with Gasteiger partial charge in [-0.15, -0.1) is 0 Å². The smallest absolute Gasteiger partial charge is 0.227 e. The zero-order valence-corrected chi connectivity index (χ0v) is 23.4. The number of aromatic nitrogens is 3. The van der Waals surface area contributed by atoms with Crippen LogP contribution in [0.25, 0.3) is 10.8 Å². The molecule has 2 aliphatic heterocycles. The standard InChI is InChI=1S/C27H35FN6O4S/c1-16(2)18-5-6-22(33-11-17(12-33)15-39(4,36)37)20-10-30-25(9-19(18)20)31-24-7-8-29-27(32-24)34-13-21(28)26(38-3)23(35)14-34/h5-10,16-17,21,23,26,35H,11-15H2,1-4H3,(H,29,30,31,32)/t21-,23+,26-/m1/s1. The number of methoxy groups -OCH3 is 1. The normalized spacial score (nSPS) is 22.4. The molecule has 0 radical (unpaired) electrons. The van der Waals surface area contributed by atoms with E-state index in [4.69, 9.17) is 4.74 Å². The van der Waals surface area contributed by atoms with Crippen LogP contribution >= 0.6 is 0 Å². The summed E-state index contributed by atoms with van der Waals surface area (Å²) in [6.07, 6.45) is 1.49. The van der Waals surface area contributed by atoms with E-state index in [-0.39, 0.29) is 30.7 Å². The zero-order valence-electron chi connectivity index (χ0n) is 22.6. The van der Waals surface area contributed by atoms with Crippen molar-refractivity contribution in [3.05, 3.63) is 42.2 Å². The van der Waals surface area contributed by atoms with E-state index in [1.807, 2.05) is 12.3 Å². The van der Waals surface area contributed by atoms with Gasteiger partial charge >= 0.3 is 0 Å². The number of pyridine rings is 1. The summed E-state index contributed by atoms with van der Waals surface area (Å²) in [7, 11) is -1.61. The lowest BCUT2D eigenvalue weighted by atomic mass is 9.93. The summed E-state index contributed by atoms with van der Waals surface area (Å²) in [5, 5.41) is 15.6. The van der Waals surface area contributed by atoms with Crippen LogP contribution in [-0.2, 0) is 14.6 Å². The quantitative estimate of drug-likeness (QED) is 0.427. The number of piperidine rings is 1. The highest BCUT2D eigenvalue weighted by molar-refractivity contribution is 7.90. The predicted molar refractivity (Wildman–Crippen MR) is 150 cm³/mol. The van der Waals surface area contributed by atoms with Crippen LogP contribution in [0.2, 0.25) is 0 Å². The van der Waals surface area contributed by atoms with Gasteiger partial charge in [0.25, 0.3) is 0 Å². The van der Waals surface area contributed by atoms with Gasteiger partial charge in [-0.25, -0.2) is 22.8 Å². The number of aliphatic hydroxyl groups excluding tert-OH is 1. The maximum absolute atomic E-state index is 14.5. The number of nitrogens with zero attached hydrogens (tertiary/aromatic N) is 5. The van der Waals surface area contributed by atoms with Crippen molar-refractivity contribution in [1.29, 1.82) is 0 Å². The van der Waals surface area contributed by atoms with Gasteiger partial charge in [0.2, 0.25) is 5.95 Å². The molecule has 0 aliphatic carbocycles. The molecule has 2 saturated heterocycles. The first-order valence-corrected chi connectivity index (χ1v) is 15.1. The van der Waals surface area contributed by atoms with Crippen molar-refractivity contribution in [3.8, 4) is 0 Å². The minimum absolute atomic E-state index is 0.0231. The molecule has 0 bridgehead atoms. The first kappa shape index (κ1) is 27.5. The largest absolute Gasteiger partial charge is 0.388 e. The van der Waals surface area contributed by atoms with Gasteiger partial charge in [-0.3, -0.25) is 0 Å². The number of rotatable bonds is 8. The highest BCUT2D eigenvalue weighted by Gasteiger charge is 2.37. The number of ether oxygens (including phenoxy) is 1. The molecule has 3 atom stereocenters. The van der Waals surface area contributed by atoms with Gasteiger partial charge in [0.15, 0.2) is 0 Å². The Bertz CT molecular complexity index is 1440. The predicted octanol–water partition coefficient (Wildman–Crippen LogP) is 2.91. The summed E-state index contributed by atoms with van der Waals surface area (Å²) in [6, 6.07) is 7.93. The summed E-state index contributed by atoms with van der Waals surface area (Å²) < 4.78 is 43.0. The fourth-order valence-electron chi connectivity index (χ4n) is 5.52. The summed E-state index contributed by atoms with van der Waals surface area (Å²) in [6.45, 7) is 5.87. The number of benzene rings is 1. The van der Waals surface area contributed by atoms with Crippen molar-refractivity contribution in [2.24, 2.45) is 5.92 Å². The Kier molecular flexibility index (Phi) is 7.62. The second kappa shape index (κ2) is 10.8. The van der Waals surface area contributed by atoms with E-state index in [1.54, 1.807) is 17.2 Å². The molecule has 4 heterocycles. The molecule has 210 valence electrons. The number of hydrogen-bond acceptors (Lipinski definition) is 10. The molecule has 0 saturated carbocycles. The topological polar surface area (TPSA) is 121 Å². The summed E-state index contributed by atoms with van der Waals surface area (Å²) in [5.74, 6) is 2.03. The SMILES string of the molecule is CO[C@@H]1[C@H](F)CN(c2nccc(Nc3cc4c(C(C)C)ccc(N5CC(CS(C)(=O)=O)C5)c4cn3)n2)C[C@@H]1O. The molecule has 3 aromatic rings. The van der Waals surface area contributed by atoms with Gasteiger partial charge in [-0.2, -0.15) is 4.98 Å². The maximum atomic E-state index is 14.5. The lowest BCUT2D eigenvalue weighted by Crippen LogP contribution is -2.55. The van der Waals surface area contributed by atoms with Gasteiger partial charge in [0, 0.05) is 62.4 Å². The van der Waals surface area contributed by atoms with Crippen LogP contribution in [0.4, 0.5) is 27.7 Å². The van der Waals surface area contributed by atoms with E-state index < -0.39 is 28.2 Å². The van der Waals surface area contributed by atoms with Crippen LogP contribution in [-0.4, -0.2) is 92.2 Å². The first-order valence-electron chi connectivity index (χ1n) is 13.1. The Morgan fingerprint density at radius 3 is 2.54 bits per heavy atom. The molecule has 10 nitrogen and oxygen atoms in total. The number of β-amino-alcohol motifs (C(OH)–C–C–N with tert-alkyl or cyclic N) is 1. The van der Waals surface area contributed by atoms with E-state index in [2.05, 4.69) is 51.1 Å². The van der Waals surface area contributed by atoms with Crippen LogP contribution < -0.4 is 15.1 Å². The number of alkyl halides is 1. The first-order chi connectivity index (χ1) is 18.5. The molecule has 12 heteroatoms. The lowest BCUT2D eigenvalue weighted by Gasteiger charge is -2.41. The summed E-state index contributed by atoms with van der Waals surface area (Å²) in [5.41, 5.74) is 2.22. The van der Waals surface area contributed by atoms with Crippen molar-refractivity contribution in [1.82, 2.24) is 15.0 Å². The Balaban J connectivity index is 1.38. The molecule has 2 aromatic heterocycles. The molecule has 2 fully saturated rings. The van der Waals surface area contributed by atoms with Gasteiger partial charge < -0.3 is 25.0 Å². The van der Waals surface area contributed by atoms with Gasteiger partial charge in [0.05, 0.1) is 12.3 Å². The second-order valence-corrected chi connectivity index (χ2v) is 13.0. The number of hydrogen-bond donors (Lipinski definition) is 2. The van der Waals surface area contributed by atoms with Crippen LogP contribution in [0, 0.1) is 5.92 Å². The molecule has 1 aromatic carbocycles. The van der Waals surface area contributed by atoms with Crippen LogP contribution in [0.3, 0.4) is 0 Å². The molecule has 39 heavy (non-hydrogen) atoms. The molecule has 0 spiro atoms. The van der Waals surface area contributed by atoms with Crippen molar-refractivity contribution < 1.29 is 22.7 Å². The van der Waals surface area contributed by atoms with Crippen molar-refractivity contribution in [2.45, 2.75) is 38.1 Å². The number of anilines is 4. The van der Waals surface area contributed by atoms with E-state index in [0.717, 1.165) is 16.5 Å². The van der Waals surface area contributed by atoms with E-state index in [1.165, 1.54) is 18.9 Å². The number of nitrogens with one attached hydrogen (secondary N) is 1. The van der Waals surface area contributed by atoms with Crippen LogP contribution in [0.5, 0.6) is 0 Å². The highest BCUT2D eigenvalue weighted by Crippen LogP contribution is 2.37. The van der Waals surface area contributed by atoms with Crippen LogP contribution in [0.15, 0.2) is 36.7 Å². The molecule has 0 unspecified atom stereocenters. The average Bonchev–Trinajstić information content (AvgIpc) is 2.84. The molecule has 5 rings (SSSR count). The van der Waals surface area contributed by atoms with E-state index in [9.17, 15) is 17.9 Å². The summed E-state index contributed by atoms with van der Waals surface area (Å²) >= 11 is 0. The number of aliphatic hydroxyl groups is 1. The third kappa shape index (κ3) is 5.92. The monoisotopic (exact) mass is 558 g/mol. The minimum Gasteiger partial charge on any atom is -0.388 e. The van der Waals surface area contributed by atoms with Gasteiger partial charge in [-0.05, 0) is 35.1 Å². The Labute approximate surface area is 228 Å². The molecular formula is C27H35FN6O4S. The zero-order chi connectivity index (χ0) is 27.9. The highest BCUT2D eigenvalue weighted by atomic mass is 32.2. The fraction of sp³-hybridized carbons (Fsp3) is 0.519. The summed E-state index contributed by atoms with van der Waals surface area (Å²) in [4.78, 5) is 17.3. The third-order valence-corrected chi connectivity index (χ3v) is 8.44. The van der Waals surface area contributed by atoms with Gasteiger partial charge in [-0.1, -0.05) is 19.9 Å². The Hall–Kier alpha value is -3.09. The average molecular weight is 559 g/mol. The molecular weight excluding hydrogens is 523 g/mol. The van der Waals surface area contributed by atoms with Crippen LogP contribution in [0.1, 0.15) is 25.3 Å². The van der Waals surface area contributed by atoms with Crippen molar-refractivity contribution >= 4 is 43.9 Å². The lowest BCUT2D eigenvalue weighted by molar-refractivity contribution is -0.0627. The van der Waals surface area contributed by atoms with Crippen molar-refractivity contribution in [2.75, 3.05) is 60.4 Å². The Morgan fingerprint density at radius 2 is 1.87 bits per heavy atom. The van der Waals surface area contributed by atoms with Gasteiger partial charge in [0.1, 0.15) is 39.9 Å². The Morgan fingerprint density at radius 1 is 1.10 bits per heavy atom. The fourth-order valence-corrected chi connectivity index (χ4v) is 6.59. The number of fused-ring (bicyclic) bond motifs is 1. The molecule has 2 N–H and O–H groups in total. The maximum Gasteiger partial charge on any atom is 0.227 e. The molecule has 2 aliphatic rings. The third-order valence-electron chi connectivity index (χ3n) is 7.36. The minimum atomic E-state index is -3.00. The van der Waals surface area contributed by atoms with Crippen molar-refractivity contribution in [3.63, 3.8) is 0 Å². The molecule has 0 amide bonds. The second-order valence-electron chi connectivity index (χ2n) is 10.9. The number of halogens is 1. The van der Waals surface area contributed by atoms with E-state index >= 15 is 0 Å².